The van der Waals surface area contributed by atoms with E-state index in [2.05, 4.69) is 79.7 Å². The fourth-order valence-corrected chi connectivity index (χ4v) is 2.88. The molecule has 0 unspecified atom stereocenters. The van der Waals surface area contributed by atoms with Gasteiger partial charge in [-0.25, -0.2) is 0 Å². The van der Waals surface area contributed by atoms with Crippen LogP contribution in [0.2, 0.25) is 0 Å². The monoisotopic (exact) mass is 273 g/mol. The molecule has 0 bridgehead atoms. The van der Waals surface area contributed by atoms with Gasteiger partial charge in [0.2, 0.25) is 0 Å². The Labute approximate surface area is 126 Å². The van der Waals surface area contributed by atoms with Crippen molar-refractivity contribution in [1.82, 2.24) is 0 Å². The zero-order valence-corrected chi connectivity index (χ0v) is 12.2. The highest BCUT2D eigenvalue weighted by atomic mass is 14.5. The summed E-state index contributed by atoms with van der Waals surface area (Å²) in [6.45, 7) is 2.09. The summed E-state index contributed by atoms with van der Waals surface area (Å²) >= 11 is 0. The van der Waals surface area contributed by atoms with Crippen LogP contribution in [0.5, 0.6) is 0 Å². The van der Waals surface area contributed by atoms with Crippen molar-refractivity contribution < 1.29 is 0 Å². The predicted octanol–water partition coefficient (Wildman–Crippen LogP) is 4.76. The molecule has 0 radical (unpaired) electrons. The number of hydrogen-bond donors (Lipinski definition) is 1. The Hall–Kier alpha value is -2.54. The maximum Gasteiger partial charge on any atom is 0.0340 e. The molecule has 0 aliphatic heterocycles. The number of nitrogen functional groups attached to an aromatic ring is 1. The van der Waals surface area contributed by atoms with Crippen LogP contribution < -0.4 is 5.73 Å². The Kier molecular flexibility index (Phi) is 3.74. The Morgan fingerprint density at radius 2 is 1.19 bits per heavy atom. The molecule has 3 rings (SSSR count). The van der Waals surface area contributed by atoms with Crippen LogP contribution in [0.4, 0.5) is 5.69 Å². The van der Waals surface area contributed by atoms with Gasteiger partial charge >= 0.3 is 0 Å². The normalized spacial score (nSPS) is 10.8. The number of anilines is 1. The molecule has 0 atom stereocenters. The minimum absolute atomic E-state index is 0.217. The van der Waals surface area contributed by atoms with E-state index < -0.39 is 0 Å². The topological polar surface area (TPSA) is 26.0 Å². The fourth-order valence-electron chi connectivity index (χ4n) is 2.88. The van der Waals surface area contributed by atoms with Crippen LogP contribution in [-0.4, -0.2) is 0 Å². The molecule has 1 nitrogen and oxygen atoms in total. The average Bonchev–Trinajstić information content (AvgIpc) is 2.49. The second-order valence-electron chi connectivity index (χ2n) is 5.43. The van der Waals surface area contributed by atoms with Gasteiger partial charge in [0.25, 0.3) is 0 Å². The molecule has 0 aliphatic carbocycles. The SMILES string of the molecule is Cc1cc(N)cc(C(c2ccccc2)c2ccccc2)c1. The third kappa shape index (κ3) is 2.97. The Morgan fingerprint density at radius 1 is 0.667 bits per heavy atom. The molecule has 3 aromatic rings. The maximum atomic E-state index is 6.05. The van der Waals surface area contributed by atoms with E-state index in [-0.39, 0.29) is 5.92 Å². The molecule has 3 aromatic carbocycles. The zero-order chi connectivity index (χ0) is 14.7. The standard InChI is InChI=1S/C20H19N/c1-15-12-18(14-19(21)13-15)20(16-8-4-2-5-9-16)17-10-6-3-7-11-17/h2-14,20H,21H2,1H3. The molecule has 0 aromatic heterocycles. The third-order valence-corrected chi connectivity index (χ3v) is 3.72. The Balaban J connectivity index is 2.17. The second kappa shape index (κ2) is 5.84. The van der Waals surface area contributed by atoms with Gasteiger partial charge in [0.05, 0.1) is 0 Å². The lowest BCUT2D eigenvalue weighted by molar-refractivity contribution is 0.975. The fraction of sp³-hybridized carbons (Fsp3) is 0.100. The predicted molar refractivity (Wildman–Crippen MR) is 89.4 cm³/mol. The lowest BCUT2D eigenvalue weighted by Crippen LogP contribution is -2.04. The van der Waals surface area contributed by atoms with E-state index in [4.69, 9.17) is 5.73 Å². The molecule has 104 valence electrons. The largest absolute Gasteiger partial charge is 0.399 e. The van der Waals surface area contributed by atoms with E-state index in [1.165, 1.54) is 22.3 Å². The first-order valence-electron chi connectivity index (χ1n) is 7.21. The summed E-state index contributed by atoms with van der Waals surface area (Å²) in [6, 6.07) is 27.5. The van der Waals surface area contributed by atoms with Crippen LogP contribution >= 0.6 is 0 Å². The summed E-state index contributed by atoms with van der Waals surface area (Å²) < 4.78 is 0. The number of benzene rings is 3. The maximum absolute atomic E-state index is 6.05. The highest BCUT2D eigenvalue weighted by Gasteiger charge is 2.16. The van der Waals surface area contributed by atoms with Crippen LogP contribution in [0, 0.1) is 6.92 Å². The van der Waals surface area contributed by atoms with Crippen LogP contribution in [0.1, 0.15) is 28.2 Å². The van der Waals surface area contributed by atoms with Gasteiger partial charge in [-0.05, 0) is 41.3 Å². The van der Waals surface area contributed by atoms with Crippen molar-refractivity contribution in [3.8, 4) is 0 Å². The number of rotatable bonds is 3. The average molecular weight is 273 g/mol. The first-order valence-corrected chi connectivity index (χ1v) is 7.21. The molecule has 0 spiro atoms. The lowest BCUT2D eigenvalue weighted by Gasteiger charge is -2.20. The van der Waals surface area contributed by atoms with Crippen LogP contribution in [0.3, 0.4) is 0 Å². The summed E-state index contributed by atoms with van der Waals surface area (Å²) in [7, 11) is 0. The van der Waals surface area contributed by atoms with Crippen LogP contribution in [-0.2, 0) is 0 Å². The van der Waals surface area contributed by atoms with Crippen molar-refractivity contribution in [2.45, 2.75) is 12.8 Å². The first kappa shape index (κ1) is 13.4. The second-order valence-corrected chi connectivity index (χ2v) is 5.43. The first-order chi connectivity index (χ1) is 10.2. The van der Waals surface area contributed by atoms with Gasteiger partial charge < -0.3 is 5.73 Å². The summed E-state index contributed by atoms with van der Waals surface area (Å²) in [5.41, 5.74) is 11.9. The molecule has 0 heterocycles. The number of hydrogen-bond acceptors (Lipinski definition) is 1. The Bertz CT molecular complexity index is 658. The highest BCUT2D eigenvalue weighted by Crippen LogP contribution is 2.33. The number of aryl methyl sites for hydroxylation is 1. The summed E-state index contributed by atoms with van der Waals surface area (Å²) in [6.07, 6.45) is 0. The van der Waals surface area contributed by atoms with Crippen LogP contribution in [0.25, 0.3) is 0 Å². The molecule has 21 heavy (non-hydrogen) atoms. The zero-order valence-electron chi connectivity index (χ0n) is 12.2. The molecular weight excluding hydrogens is 254 g/mol. The van der Waals surface area contributed by atoms with Gasteiger partial charge in [-0.1, -0.05) is 66.7 Å². The quantitative estimate of drug-likeness (QED) is 0.540. The van der Waals surface area contributed by atoms with E-state index in [0.717, 1.165) is 5.69 Å². The van der Waals surface area contributed by atoms with Gasteiger partial charge in [-0.15, -0.1) is 0 Å². The molecule has 0 aliphatic rings. The summed E-state index contributed by atoms with van der Waals surface area (Å²) in [4.78, 5) is 0. The van der Waals surface area contributed by atoms with Gasteiger partial charge in [0, 0.05) is 11.6 Å². The van der Waals surface area contributed by atoms with Gasteiger partial charge in [0.15, 0.2) is 0 Å². The van der Waals surface area contributed by atoms with Gasteiger partial charge in [0.1, 0.15) is 0 Å². The minimum Gasteiger partial charge on any atom is -0.399 e. The van der Waals surface area contributed by atoms with E-state index >= 15 is 0 Å². The van der Waals surface area contributed by atoms with Gasteiger partial charge in [-0.3, -0.25) is 0 Å². The third-order valence-electron chi connectivity index (χ3n) is 3.72. The van der Waals surface area contributed by atoms with E-state index in [9.17, 15) is 0 Å². The van der Waals surface area contributed by atoms with Crippen molar-refractivity contribution in [3.05, 3.63) is 101 Å². The van der Waals surface area contributed by atoms with E-state index in [1.54, 1.807) is 0 Å². The van der Waals surface area contributed by atoms with Crippen LogP contribution in [0.15, 0.2) is 78.9 Å². The molecular formula is C20H19N. The van der Waals surface area contributed by atoms with Crippen molar-refractivity contribution in [1.29, 1.82) is 0 Å². The molecule has 0 amide bonds. The highest BCUT2D eigenvalue weighted by molar-refractivity contribution is 5.51. The molecule has 0 saturated carbocycles. The molecule has 1 heteroatoms. The van der Waals surface area contributed by atoms with Gasteiger partial charge in [-0.2, -0.15) is 0 Å². The molecule has 0 fully saturated rings. The minimum atomic E-state index is 0.217. The van der Waals surface area contributed by atoms with Crippen molar-refractivity contribution in [2.75, 3.05) is 5.73 Å². The van der Waals surface area contributed by atoms with E-state index in [1.807, 2.05) is 6.07 Å². The molecule has 2 N–H and O–H groups in total. The van der Waals surface area contributed by atoms with E-state index in [0.29, 0.717) is 0 Å². The summed E-state index contributed by atoms with van der Waals surface area (Å²) in [5.74, 6) is 0.217. The Morgan fingerprint density at radius 3 is 1.67 bits per heavy atom. The van der Waals surface area contributed by atoms with Crippen molar-refractivity contribution in [3.63, 3.8) is 0 Å². The number of nitrogens with two attached hydrogens (primary N) is 1. The van der Waals surface area contributed by atoms with Crippen molar-refractivity contribution >= 4 is 5.69 Å². The smallest absolute Gasteiger partial charge is 0.0340 e. The summed E-state index contributed by atoms with van der Waals surface area (Å²) in [5, 5.41) is 0. The molecule has 0 saturated heterocycles. The van der Waals surface area contributed by atoms with Crippen molar-refractivity contribution in [2.24, 2.45) is 0 Å². The lowest BCUT2D eigenvalue weighted by atomic mass is 9.84.